The number of rotatable bonds is 5. The lowest BCUT2D eigenvalue weighted by Gasteiger charge is -2.23. The molecule has 1 aromatic rings. The molecule has 1 rings (SSSR count). The maximum Gasteiger partial charge on any atom is 0.251 e. The van der Waals surface area contributed by atoms with Gasteiger partial charge >= 0.3 is 0 Å². The predicted molar refractivity (Wildman–Crippen MR) is 72.6 cm³/mol. The second-order valence-corrected chi connectivity index (χ2v) is 5.53. The standard InChI is InChI=1S/C14H20ClNO/c1-11-5-4-6-12(9-11)13(17)16-10-14(2,3)7-8-15/h4-6,9H,7-8,10H2,1-3H3,(H,16,17). The average molecular weight is 254 g/mol. The van der Waals surface area contributed by atoms with Crippen molar-refractivity contribution in [2.75, 3.05) is 12.4 Å². The van der Waals surface area contributed by atoms with Crippen molar-refractivity contribution in [3.8, 4) is 0 Å². The van der Waals surface area contributed by atoms with E-state index in [0.717, 1.165) is 12.0 Å². The summed E-state index contributed by atoms with van der Waals surface area (Å²) in [5, 5.41) is 2.95. The van der Waals surface area contributed by atoms with Crippen LogP contribution in [0.5, 0.6) is 0 Å². The normalized spacial score (nSPS) is 11.3. The summed E-state index contributed by atoms with van der Waals surface area (Å²) in [5.41, 5.74) is 1.85. The highest BCUT2D eigenvalue weighted by Gasteiger charge is 2.18. The Labute approximate surface area is 108 Å². The Balaban J connectivity index is 2.56. The number of hydrogen-bond donors (Lipinski definition) is 1. The van der Waals surface area contributed by atoms with Crippen LogP contribution in [0.3, 0.4) is 0 Å². The Hall–Kier alpha value is -1.02. The van der Waals surface area contributed by atoms with Crippen LogP contribution in [0.15, 0.2) is 24.3 Å². The van der Waals surface area contributed by atoms with Gasteiger partial charge in [-0.25, -0.2) is 0 Å². The molecular weight excluding hydrogens is 234 g/mol. The van der Waals surface area contributed by atoms with Gasteiger partial charge in [-0.15, -0.1) is 11.6 Å². The molecule has 0 unspecified atom stereocenters. The number of alkyl halides is 1. The van der Waals surface area contributed by atoms with Crippen molar-refractivity contribution in [2.24, 2.45) is 5.41 Å². The van der Waals surface area contributed by atoms with E-state index in [-0.39, 0.29) is 11.3 Å². The van der Waals surface area contributed by atoms with Gasteiger partial charge < -0.3 is 5.32 Å². The molecule has 1 amide bonds. The van der Waals surface area contributed by atoms with Gasteiger partial charge in [0.25, 0.3) is 5.91 Å². The summed E-state index contributed by atoms with van der Waals surface area (Å²) in [6.07, 6.45) is 0.892. The molecule has 0 aliphatic heterocycles. The van der Waals surface area contributed by atoms with Crippen molar-refractivity contribution in [3.63, 3.8) is 0 Å². The number of amides is 1. The summed E-state index contributed by atoms with van der Waals surface area (Å²) in [7, 11) is 0. The summed E-state index contributed by atoms with van der Waals surface area (Å²) in [5.74, 6) is 0.601. The first-order valence-electron chi connectivity index (χ1n) is 5.85. The molecule has 3 heteroatoms. The zero-order chi connectivity index (χ0) is 12.9. The largest absolute Gasteiger partial charge is 0.352 e. The maximum absolute atomic E-state index is 11.9. The van der Waals surface area contributed by atoms with Crippen LogP contribution in [0.2, 0.25) is 0 Å². The molecule has 1 N–H and O–H groups in total. The number of hydrogen-bond acceptors (Lipinski definition) is 1. The summed E-state index contributed by atoms with van der Waals surface area (Å²) >= 11 is 5.73. The van der Waals surface area contributed by atoms with E-state index in [2.05, 4.69) is 19.2 Å². The number of aryl methyl sites for hydroxylation is 1. The van der Waals surface area contributed by atoms with Crippen LogP contribution in [0.4, 0.5) is 0 Å². The van der Waals surface area contributed by atoms with E-state index in [0.29, 0.717) is 18.0 Å². The second kappa shape index (κ2) is 6.06. The van der Waals surface area contributed by atoms with Gasteiger partial charge in [-0.3, -0.25) is 4.79 Å². The van der Waals surface area contributed by atoms with E-state index in [1.165, 1.54) is 0 Å². The van der Waals surface area contributed by atoms with Crippen LogP contribution in [-0.2, 0) is 0 Å². The molecular formula is C14H20ClNO. The molecule has 94 valence electrons. The average Bonchev–Trinajstić information content (AvgIpc) is 2.26. The third kappa shape index (κ3) is 4.78. The molecule has 0 bridgehead atoms. The molecule has 0 fully saturated rings. The first kappa shape index (κ1) is 14.0. The third-order valence-corrected chi connectivity index (χ3v) is 2.97. The summed E-state index contributed by atoms with van der Waals surface area (Å²) < 4.78 is 0. The second-order valence-electron chi connectivity index (χ2n) is 5.16. The number of carbonyl (C=O) groups excluding carboxylic acids is 1. The summed E-state index contributed by atoms with van der Waals surface area (Å²) in [4.78, 5) is 11.9. The third-order valence-electron chi connectivity index (χ3n) is 2.78. The predicted octanol–water partition coefficient (Wildman–Crippen LogP) is 3.38. The van der Waals surface area contributed by atoms with Crippen molar-refractivity contribution in [3.05, 3.63) is 35.4 Å². The molecule has 0 aliphatic carbocycles. The Morgan fingerprint density at radius 1 is 1.41 bits per heavy atom. The highest BCUT2D eigenvalue weighted by atomic mass is 35.5. The molecule has 2 nitrogen and oxygen atoms in total. The van der Waals surface area contributed by atoms with Crippen LogP contribution in [0.1, 0.15) is 36.2 Å². The van der Waals surface area contributed by atoms with Gasteiger partial charge in [0.1, 0.15) is 0 Å². The lowest BCUT2D eigenvalue weighted by molar-refractivity contribution is 0.0936. The molecule has 0 aromatic heterocycles. The van der Waals surface area contributed by atoms with Crippen LogP contribution >= 0.6 is 11.6 Å². The monoisotopic (exact) mass is 253 g/mol. The minimum Gasteiger partial charge on any atom is -0.352 e. The van der Waals surface area contributed by atoms with E-state index in [1.54, 1.807) is 0 Å². The first-order chi connectivity index (χ1) is 7.94. The molecule has 1 aromatic carbocycles. The zero-order valence-electron chi connectivity index (χ0n) is 10.7. The van der Waals surface area contributed by atoms with Crippen molar-refractivity contribution >= 4 is 17.5 Å². The fourth-order valence-corrected chi connectivity index (χ4v) is 2.06. The van der Waals surface area contributed by atoms with Crippen molar-refractivity contribution < 1.29 is 4.79 Å². The van der Waals surface area contributed by atoms with E-state index >= 15 is 0 Å². The minimum absolute atomic E-state index is 0.0173. The number of benzene rings is 1. The molecule has 0 spiro atoms. The lowest BCUT2D eigenvalue weighted by atomic mass is 9.90. The van der Waals surface area contributed by atoms with E-state index < -0.39 is 0 Å². The van der Waals surface area contributed by atoms with Crippen LogP contribution < -0.4 is 5.32 Å². The van der Waals surface area contributed by atoms with Gasteiger partial charge in [0.2, 0.25) is 0 Å². The highest BCUT2D eigenvalue weighted by molar-refractivity contribution is 6.17. The fraction of sp³-hybridized carbons (Fsp3) is 0.500. The van der Waals surface area contributed by atoms with Gasteiger partial charge in [-0.2, -0.15) is 0 Å². The van der Waals surface area contributed by atoms with Crippen molar-refractivity contribution in [2.45, 2.75) is 27.2 Å². The van der Waals surface area contributed by atoms with Crippen LogP contribution in [0, 0.1) is 12.3 Å². The Kier molecular flexibility index (Phi) is 5.01. The van der Waals surface area contributed by atoms with Gasteiger partial charge in [0.05, 0.1) is 0 Å². The molecule has 0 heterocycles. The van der Waals surface area contributed by atoms with Gasteiger partial charge in [-0.05, 0) is 30.9 Å². The van der Waals surface area contributed by atoms with Crippen molar-refractivity contribution in [1.82, 2.24) is 5.32 Å². The SMILES string of the molecule is Cc1cccc(C(=O)NCC(C)(C)CCCl)c1. The maximum atomic E-state index is 11.9. The topological polar surface area (TPSA) is 29.1 Å². The molecule has 0 saturated carbocycles. The molecule has 0 saturated heterocycles. The Bertz CT molecular complexity index is 388. The smallest absolute Gasteiger partial charge is 0.251 e. The van der Waals surface area contributed by atoms with Gasteiger partial charge in [0.15, 0.2) is 0 Å². The molecule has 17 heavy (non-hydrogen) atoms. The number of nitrogens with one attached hydrogen (secondary N) is 1. The lowest BCUT2D eigenvalue weighted by Crippen LogP contribution is -2.34. The molecule has 0 atom stereocenters. The van der Waals surface area contributed by atoms with Crippen molar-refractivity contribution in [1.29, 1.82) is 0 Å². The fourth-order valence-electron chi connectivity index (χ4n) is 1.55. The molecule has 0 radical (unpaired) electrons. The van der Waals surface area contributed by atoms with E-state index in [1.807, 2.05) is 31.2 Å². The zero-order valence-corrected chi connectivity index (χ0v) is 11.5. The van der Waals surface area contributed by atoms with E-state index in [9.17, 15) is 4.79 Å². The quantitative estimate of drug-likeness (QED) is 0.801. The highest BCUT2D eigenvalue weighted by Crippen LogP contribution is 2.19. The Morgan fingerprint density at radius 2 is 2.12 bits per heavy atom. The van der Waals surface area contributed by atoms with Gasteiger partial charge in [-0.1, -0.05) is 31.5 Å². The van der Waals surface area contributed by atoms with Gasteiger partial charge in [0, 0.05) is 18.0 Å². The number of halogens is 1. The number of carbonyl (C=O) groups is 1. The minimum atomic E-state index is -0.0173. The van der Waals surface area contributed by atoms with E-state index in [4.69, 9.17) is 11.6 Å². The summed E-state index contributed by atoms with van der Waals surface area (Å²) in [6, 6.07) is 7.60. The summed E-state index contributed by atoms with van der Waals surface area (Å²) in [6.45, 7) is 6.83. The Morgan fingerprint density at radius 3 is 2.71 bits per heavy atom. The van der Waals surface area contributed by atoms with Crippen LogP contribution in [-0.4, -0.2) is 18.3 Å². The van der Waals surface area contributed by atoms with Crippen LogP contribution in [0.25, 0.3) is 0 Å². The first-order valence-corrected chi connectivity index (χ1v) is 6.39. The molecule has 0 aliphatic rings.